The van der Waals surface area contributed by atoms with Crippen LogP contribution < -0.4 is 16.3 Å². The number of imide groups is 1. The van der Waals surface area contributed by atoms with E-state index in [9.17, 15) is 14.4 Å². The van der Waals surface area contributed by atoms with E-state index in [1.54, 1.807) is 11.6 Å². The van der Waals surface area contributed by atoms with Gasteiger partial charge >= 0.3 is 5.69 Å². The lowest BCUT2D eigenvalue weighted by molar-refractivity contribution is -0.135. The molecule has 22 heavy (non-hydrogen) atoms. The molecule has 1 atom stereocenters. The number of fused-ring (bicyclic) bond motifs is 1. The number of amides is 2. The van der Waals surface area contributed by atoms with Gasteiger partial charge < -0.3 is 5.32 Å². The third-order valence-electron chi connectivity index (χ3n) is 4.08. The van der Waals surface area contributed by atoms with Gasteiger partial charge in [0.15, 0.2) is 0 Å². The number of nitrogens with one attached hydrogen (secondary N) is 2. The van der Waals surface area contributed by atoms with E-state index in [-0.39, 0.29) is 18.0 Å². The highest BCUT2D eigenvalue weighted by atomic mass is 16.2. The van der Waals surface area contributed by atoms with Gasteiger partial charge in [0.1, 0.15) is 6.04 Å². The van der Waals surface area contributed by atoms with Crippen molar-refractivity contribution in [3.05, 3.63) is 34.2 Å². The predicted molar refractivity (Wildman–Crippen MR) is 81.4 cm³/mol. The van der Waals surface area contributed by atoms with Gasteiger partial charge in [0.05, 0.1) is 11.0 Å². The summed E-state index contributed by atoms with van der Waals surface area (Å²) in [6.45, 7) is 0.629. The van der Waals surface area contributed by atoms with Crippen LogP contribution in [0.1, 0.15) is 24.4 Å². The standard InChI is InChI=1S/C15H18N4O3/c1-16-8-9-4-3-5-10-13(9)18(2)15(22)19(10)11-6-7-12(20)17-14(11)21/h3-5,11,16H,6-8H2,1-2H3,(H,17,20,21). The topological polar surface area (TPSA) is 85.1 Å². The molecule has 7 heteroatoms. The highest BCUT2D eigenvalue weighted by Gasteiger charge is 2.31. The molecule has 2 aromatic rings. The predicted octanol–water partition coefficient (Wildman–Crippen LogP) is 0.0371. The summed E-state index contributed by atoms with van der Waals surface area (Å²) >= 11 is 0. The van der Waals surface area contributed by atoms with Gasteiger partial charge in [-0.1, -0.05) is 12.1 Å². The molecule has 116 valence electrons. The number of benzene rings is 1. The Kier molecular flexibility index (Phi) is 3.58. The second-order valence-corrected chi connectivity index (χ2v) is 5.49. The fourth-order valence-electron chi connectivity index (χ4n) is 3.08. The summed E-state index contributed by atoms with van der Waals surface area (Å²) in [6, 6.07) is 5.02. The van der Waals surface area contributed by atoms with Gasteiger partial charge in [-0.05, 0) is 25.1 Å². The van der Waals surface area contributed by atoms with Crippen molar-refractivity contribution in [3.63, 3.8) is 0 Å². The fraction of sp³-hybridized carbons (Fsp3) is 0.400. The smallest absolute Gasteiger partial charge is 0.316 e. The van der Waals surface area contributed by atoms with Crippen LogP contribution in [0.3, 0.4) is 0 Å². The molecule has 0 bridgehead atoms. The van der Waals surface area contributed by atoms with Gasteiger partial charge in [-0.2, -0.15) is 0 Å². The lowest BCUT2D eigenvalue weighted by Crippen LogP contribution is -2.44. The molecule has 0 aliphatic carbocycles. The molecule has 1 aliphatic heterocycles. The Morgan fingerprint density at radius 2 is 2.09 bits per heavy atom. The molecule has 0 spiro atoms. The van der Waals surface area contributed by atoms with Crippen LogP contribution in [0.4, 0.5) is 0 Å². The number of aromatic nitrogens is 2. The molecule has 2 N–H and O–H groups in total. The van der Waals surface area contributed by atoms with Crippen molar-refractivity contribution in [1.29, 1.82) is 0 Å². The summed E-state index contributed by atoms with van der Waals surface area (Å²) in [5.41, 5.74) is 2.28. The van der Waals surface area contributed by atoms with Crippen LogP contribution in [0.25, 0.3) is 11.0 Å². The third-order valence-corrected chi connectivity index (χ3v) is 4.08. The zero-order chi connectivity index (χ0) is 15.9. The Morgan fingerprint density at radius 1 is 1.32 bits per heavy atom. The third kappa shape index (κ3) is 2.14. The number of aryl methyl sites for hydroxylation is 1. The Morgan fingerprint density at radius 3 is 2.77 bits per heavy atom. The van der Waals surface area contributed by atoms with Crippen LogP contribution in [0.5, 0.6) is 0 Å². The fourth-order valence-corrected chi connectivity index (χ4v) is 3.08. The lowest BCUT2D eigenvalue weighted by Gasteiger charge is -2.21. The largest absolute Gasteiger partial charge is 0.329 e. The molecule has 0 saturated carbocycles. The Hall–Kier alpha value is -2.41. The molecule has 1 unspecified atom stereocenters. The van der Waals surface area contributed by atoms with Crippen molar-refractivity contribution in [2.75, 3.05) is 7.05 Å². The maximum atomic E-state index is 12.6. The van der Waals surface area contributed by atoms with Crippen LogP contribution >= 0.6 is 0 Å². The van der Waals surface area contributed by atoms with E-state index in [1.807, 2.05) is 25.2 Å². The minimum absolute atomic E-state index is 0.243. The molecule has 0 radical (unpaired) electrons. The normalized spacial score (nSPS) is 18.7. The van der Waals surface area contributed by atoms with Crippen molar-refractivity contribution in [3.8, 4) is 0 Å². The first-order valence-corrected chi connectivity index (χ1v) is 7.21. The molecular weight excluding hydrogens is 284 g/mol. The van der Waals surface area contributed by atoms with Crippen molar-refractivity contribution >= 4 is 22.8 Å². The lowest BCUT2D eigenvalue weighted by atomic mass is 10.1. The Bertz CT molecular complexity index is 818. The van der Waals surface area contributed by atoms with Crippen molar-refractivity contribution < 1.29 is 9.59 Å². The molecule has 7 nitrogen and oxygen atoms in total. The summed E-state index contributed by atoms with van der Waals surface area (Å²) < 4.78 is 3.06. The number of para-hydroxylation sites is 1. The van der Waals surface area contributed by atoms with Crippen LogP contribution in [-0.2, 0) is 23.2 Å². The number of hydrogen-bond acceptors (Lipinski definition) is 4. The number of rotatable bonds is 3. The first-order chi connectivity index (χ1) is 10.5. The zero-order valence-corrected chi connectivity index (χ0v) is 12.5. The van der Waals surface area contributed by atoms with Crippen LogP contribution in [0, 0.1) is 0 Å². The molecule has 1 aromatic heterocycles. The summed E-state index contributed by atoms with van der Waals surface area (Å²) in [5, 5.41) is 5.39. The number of imidazole rings is 1. The Balaban J connectivity index is 2.21. The maximum Gasteiger partial charge on any atom is 0.329 e. The summed E-state index contributed by atoms with van der Waals surface area (Å²) in [4.78, 5) is 36.0. The monoisotopic (exact) mass is 302 g/mol. The van der Waals surface area contributed by atoms with E-state index in [0.717, 1.165) is 16.6 Å². The average molecular weight is 302 g/mol. The van der Waals surface area contributed by atoms with E-state index < -0.39 is 11.9 Å². The number of nitrogens with zero attached hydrogens (tertiary/aromatic N) is 2. The molecule has 3 rings (SSSR count). The Labute approximate surface area is 126 Å². The van der Waals surface area contributed by atoms with Crippen LogP contribution in [-0.4, -0.2) is 28.0 Å². The van der Waals surface area contributed by atoms with Crippen molar-refractivity contribution in [1.82, 2.24) is 19.8 Å². The van der Waals surface area contributed by atoms with Gasteiger partial charge in [-0.15, -0.1) is 0 Å². The van der Waals surface area contributed by atoms with Crippen molar-refractivity contribution in [2.45, 2.75) is 25.4 Å². The summed E-state index contributed by atoms with van der Waals surface area (Å²) in [6.07, 6.45) is 0.593. The van der Waals surface area contributed by atoms with Crippen molar-refractivity contribution in [2.24, 2.45) is 7.05 Å². The number of hydrogen-bond donors (Lipinski definition) is 2. The van der Waals surface area contributed by atoms with Gasteiger partial charge in [-0.25, -0.2) is 4.79 Å². The highest BCUT2D eigenvalue weighted by Crippen LogP contribution is 2.24. The number of carbonyl (C=O) groups is 2. The molecule has 1 aliphatic rings. The molecular formula is C15H18N4O3. The van der Waals surface area contributed by atoms with E-state index >= 15 is 0 Å². The first kappa shape index (κ1) is 14.5. The minimum atomic E-state index is -0.640. The minimum Gasteiger partial charge on any atom is -0.316 e. The molecule has 1 saturated heterocycles. The number of carbonyl (C=O) groups excluding carboxylic acids is 2. The first-order valence-electron chi connectivity index (χ1n) is 7.21. The van der Waals surface area contributed by atoms with E-state index in [2.05, 4.69) is 10.6 Å². The van der Waals surface area contributed by atoms with Crippen LogP contribution in [0.15, 0.2) is 23.0 Å². The van der Waals surface area contributed by atoms with Gasteiger partial charge in [0, 0.05) is 20.0 Å². The quantitative estimate of drug-likeness (QED) is 0.784. The van der Waals surface area contributed by atoms with E-state index in [1.165, 1.54) is 4.57 Å². The molecule has 1 fully saturated rings. The van der Waals surface area contributed by atoms with Gasteiger partial charge in [0.2, 0.25) is 11.8 Å². The molecule has 1 aromatic carbocycles. The van der Waals surface area contributed by atoms with Gasteiger partial charge in [-0.3, -0.25) is 24.0 Å². The summed E-state index contributed by atoms with van der Waals surface area (Å²) in [5.74, 6) is -0.699. The molecule has 2 amide bonds. The second kappa shape index (κ2) is 5.42. The zero-order valence-electron chi connectivity index (χ0n) is 12.5. The number of piperidine rings is 1. The van der Waals surface area contributed by atoms with Crippen LogP contribution in [0.2, 0.25) is 0 Å². The van der Waals surface area contributed by atoms with E-state index in [4.69, 9.17) is 0 Å². The molecule has 2 heterocycles. The summed E-state index contributed by atoms with van der Waals surface area (Å²) in [7, 11) is 3.54. The maximum absolute atomic E-state index is 12.6. The van der Waals surface area contributed by atoms with Gasteiger partial charge in [0.25, 0.3) is 0 Å². The second-order valence-electron chi connectivity index (χ2n) is 5.49. The highest BCUT2D eigenvalue weighted by molar-refractivity contribution is 6.00. The average Bonchev–Trinajstić information content (AvgIpc) is 2.73. The SMILES string of the molecule is CNCc1cccc2c1n(C)c(=O)n2C1CCC(=O)NC1=O. The van der Waals surface area contributed by atoms with E-state index in [0.29, 0.717) is 13.0 Å².